The number of amides is 1. The molecule has 1 unspecified atom stereocenters. The maximum atomic E-state index is 11.4. The second kappa shape index (κ2) is 4.81. The molecular weight excluding hydrogens is 212 g/mol. The van der Waals surface area contributed by atoms with E-state index in [1.54, 1.807) is 19.1 Å². The van der Waals surface area contributed by atoms with Crippen LogP contribution in [0.1, 0.15) is 12.5 Å². The zero-order valence-corrected chi connectivity index (χ0v) is 9.30. The molecule has 0 aliphatic carbocycles. The van der Waals surface area contributed by atoms with Gasteiger partial charge in [0.1, 0.15) is 5.92 Å². The van der Waals surface area contributed by atoms with Gasteiger partial charge in [0.25, 0.3) is 0 Å². The summed E-state index contributed by atoms with van der Waals surface area (Å²) in [6, 6.07) is 7.20. The summed E-state index contributed by atoms with van der Waals surface area (Å²) in [4.78, 5) is 11.4. The lowest BCUT2D eigenvalue weighted by atomic mass is 10.1. The normalized spacial score (nSPS) is 11.6. The Kier molecular flexibility index (Phi) is 3.70. The Morgan fingerprint density at radius 3 is 2.87 bits per heavy atom. The van der Waals surface area contributed by atoms with Crippen LogP contribution >= 0.6 is 11.6 Å². The number of carbonyl (C=O) groups excluding carboxylic acids is 1. The average Bonchev–Trinajstić information content (AvgIpc) is 2.22. The van der Waals surface area contributed by atoms with Crippen molar-refractivity contribution in [1.82, 2.24) is 0 Å². The molecule has 4 heteroatoms. The van der Waals surface area contributed by atoms with E-state index in [2.05, 4.69) is 5.32 Å². The number of rotatable bonds is 2. The fourth-order valence-corrected chi connectivity index (χ4v) is 1.20. The number of benzene rings is 1. The Labute approximate surface area is 93.7 Å². The van der Waals surface area contributed by atoms with E-state index in [9.17, 15) is 4.79 Å². The molecular formula is C11H11ClN2O. The molecule has 1 amide bonds. The third-order valence-corrected chi connectivity index (χ3v) is 2.30. The molecule has 0 fully saturated rings. The SMILES string of the molecule is Cc1ccc(Cl)c(NC(=O)C(C)C#N)c1. The molecule has 0 aliphatic rings. The molecule has 3 nitrogen and oxygen atoms in total. The monoisotopic (exact) mass is 222 g/mol. The van der Waals surface area contributed by atoms with Crippen LogP contribution in [0.2, 0.25) is 5.02 Å². The molecule has 0 saturated heterocycles. The highest BCUT2D eigenvalue weighted by molar-refractivity contribution is 6.33. The second-order valence-electron chi connectivity index (χ2n) is 3.32. The molecule has 0 aromatic heterocycles. The summed E-state index contributed by atoms with van der Waals surface area (Å²) < 4.78 is 0. The van der Waals surface area contributed by atoms with Crippen molar-refractivity contribution in [3.05, 3.63) is 28.8 Å². The van der Waals surface area contributed by atoms with Gasteiger partial charge in [-0.25, -0.2) is 0 Å². The van der Waals surface area contributed by atoms with Gasteiger partial charge >= 0.3 is 0 Å². The zero-order valence-electron chi connectivity index (χ0n) is 8.54. The molecule has 0 radical (unpaired) electrons. The van der Waals surface area contributed by atoms with Gasteiger partial charge in [-0.15, -0.1) is 0 Å². The van der Waals surface area contributed by atoms with Crippen molar-refractivity contribution < 1.29 is 4.79 Å². The van der Waals surface area contributed by atoms with Crippen LogP contribution in [-0.2, 0) is 4.79 Å². The number of nitriles is 1. The number of hydrogen-bond acceptors (Lipinski definition) is 2. The standard InChI is InChI=1S/C11H11ClN2O/c1-7-3-4-9(12)10(5-7)14-11(15)8(2)6-13/h3-5,8H,1-2H3,(H,14,15). The minimum Gasteiger partial charge on any atom is -0.324 e. The van der Waals surface area contributed by atoms with Crippen molar-refractivity contribution >= 4 is 23.2 Å². The third-order valence-electron chi connectivity index (χ3n) is 1.97. The highest BCUT2D eigenvalue weighted by Crippen LogP contribution is 2.23. The van der Waals surface area contributed by atoms with E-state index in [0.29, 0.717) is 10.7 Å². The van der Waals surface area contributed by atoms with E-state index in [1.807, 2.05) is 19.1 Å². The van der Waals surface area contributed by atoms with Gasteiger partial charge in [0.05, 0.1) is 16.8 Å². The molecule has 1 aromatic rings. The first-order valence-electron chi connectivity index (χ1n) is 4.51. The lowest BCUT2D eigenvalue weighted by Gasteiger charge is -2.08. The molecule has 1 rings (SSSR count). The summed E-state index contributed by atoms with van der Waals surface area (Å²) in [6.45, 7) is 3.44. The van der Waals surface area contributed by atoms with Gasteiger partial charge < -0.3 is 5.32 Å². The Bertz CT molecular complexity index is 423. The summed E-state index contributed by atoms with van der Waals surface area (Å²) >= 11 is 5.89. The predicted octanol–water partition coefficient (Wildman–Crippen LogP) is 2.75. The van der Waals surface area contributed by atoms with Gasteiger partial charge in [-0.1, -0.05) is 17.7 Å². The van der Waals surface area contributed by atoms with Crippen LogP contribution in [0.25, 0.3) is 0 Å². The number of nitrogens with zero attached hydrogens (tertiary/aromatic N) is 1. The topological polar surface area (TPSA) is 52.9 Å². The molecule has 0 heterocycles. The number of hydrogen-bond donors (Lipinski definition) is 1. The van der Waals surface area contributed by atoms with Crippen LogP contribution in [0.15, 0.2) is 18.2 Å². The van der Waals surface area contributed by atoms with Crippen LogP contribution in [0.5, 0.6) is 0 Å². The highest BCUT2D eigenvalue weighted by Gasteiger charge is 2.12. The number of aryl methyl sites for hydroxylation is 1. The van der Waals surface area contributed by atoms with Gasteiger partial charge in [-0.2, -0.15) is 5.26 Å². The molecule has 78 valence electrons. The number of anilines is 1. The Hall–Kier alpha value is -1.53. The zero-order chi connectivity index (χ0) is 11.4. The first-order valence-corrected chi connectivity index (χ1v) is 4.89. The Morgan fingerprint density at radius 1 is 1.60 bits per heavy atom. The van der Waals surface area contributed by atoms with E-state index in [4.69, 9.17) is 16.9 Å². The molecule has 0 bridgehead atoms. The van der Waals surface area contributed by atoms with Crippen molar-refractivity contribution in [2.24, 2.45) is 5.92 Å². The van der Waals surface area contributed by atoms with E-state index in [0.717, 1.165) is 5.56 Å². The van der Waals surface area contributed by atoms with Crippen molar-refractivity contribution in [1.29, 1.82) is 5.26 Å². The largest absolute Gasteiger partial charge is 0.324 e. The number of carbonyl (C=O) groups is 1. The number of nitrogens with one attached hydrogen (secondary N) is 1. The van der Waals surface area contributed by atoms with Gasteiger partial charge in [0.15, 0.2) is 0 Å². The van der Waals surface area contributed by atoms with E-state index < -0.39 is 5.92 Å². The van der Waals surface area contributed by atoms with Crippen molar-refractivity contribution in [2.45, 2.75) is 13.8 Å². The van der Waals surface area contributed by atoms with Crippen LogP contribution < -0.4 is 5.32 Å². The average molecular weight is 223 g/mol. The maximum Gasteiger partial charge on any atom is 0.241 e. The third kappa shape index (κ3) is 2.97. The minimum absolute atomic E-state index is 0.343. The molecule has 15 heavy (non-hydrogen) atoms. The fourth-order valence-electron chi connectivity index (χ4n) is 1.03. The van der Waals surface area contributed by atoms with Crippen LogP contribution in [0.4, 0.5) is 5.69 Å². The first kappa shape index (κ1) is 11.5. The van der Waals surface area contributed by atoms with E-state index in [-0.39, 0.29) is 5.91 Å². The van der Waals surface area contributed by atoms with Crippen molar-refractivity contribution in [3.8, 4) is 6.07 Å². The van der Waals surface area contributed by atoms with E-state index in [1.165, 1.54) is 0 Å². The second-order valence-corrected chi connectivity index (χ2v) is 3.73. The fraction of sp³-hybridized carbons (Fsp3) is 0.273. The molecule has 1 atom stereocenters. The quantitative estimate of drug-likeness (QED) is 0.837. The minimum atomic E-state index is -0.679. The van der Waals surface area contributed by atoms with Gasteiger partial charge in [-0.3, -0.25) is 4.79 Å². The van der Waals surface area contributed by atoms with Crippen LogP contribution in [-0.4, -0.2) is 5.91 Å². The summed E-state index contributed by atoms with van der Waals surface area (Å²) in [6.07, 6.45) is 0. The Balaban J connectivity index is 2.86. The van der Waals surface area contributed by atoms with Crippen molar-refractivity contribution in [3.63, 3.8) is 0 Å². The van der Waals surface area contributed by atoms with Crippen LogP contribution in [0.3, 0.4) is 0 Å². The van der Waals surface area contributed by atoms with Gasteiger partial charge in [0, 0.05) is 0 Å². The summed E-state index contributed by atoms with van der Waals surface area (Å²) in [7, 11) is 0. The molecule has 0 spiro atoms. The first-order chi connectivity index (χ1) is 7.04. The van der Waals surface area contributed by atoms with Crippen LogP contribution in [0, 0.1) is 24.2 Å². The van der Waals surface area contributed by atoms with Gasteiger partial charge in [0.2, 0.25) is 5.91 Å². The lowest BCUT2D eigenvalue weighted by molar-refractivity contribution is -0.117. The Morgan fingerprint density at radius 2 is 2.27 bits per heavy atom. The highest BCUT2D eigenvalue weighted by atomic mass is 35.5. The smallest absolute Gasteiger partial charge is 0.241 e. The molecule has 1 aromatic carbocycles. The predicted molar refractivity (Wildman–Crippen MR) is 59.6 cm³/mol. The lowest BCUT2D eigenvalue weighted by Crippen LogP contribution is -2.19. The summed E-state index contributed by atoms with van der Waals surface area (Å²) in [5, 5.41) is 11.6. The van der Waals surface area contributed by atoms with Crippen molar-refractivity contribution in [2.75, 3.05) is 5.32 Å². The van der Waals surface area contributed by atoms with Gasteiger partial charge in [-0.05, 0) is 31.5 Å². The number of halogens is 1. The molecule has 0 aliphatic heterocycles. The van der Waals surface area contributed by atoms with E-state index >= 15 is 0 Å². The maximum absolute atomic E-state index is 11.4. The molecule has 0 saturated carbocycles. The summed E-state index contributed by atoms with van der Waals surface area (Å²) in [5.74, 6) is -1.02. The summed E-state index contributed by atoms with van der Waals surface area (Å²) in [5.41, 5.74) is 1.54. The molecule has 1 N–H and O–H groups in total.